The summed E-state index contributed by atoms with van der Waals surface area (Å²) in [5.74, 6) is 0. The van der Waals surface area contributed by atoms with Crippen LogP contribution in [0.25, 0.3) is 0 Å². The van der Waals surface area contributed by atoms with Crippen LogP contribution in [0.15, 0.2) is 35.1 Å². The highest BCUT2D eigenvalue weighted by atomic mass is 32.1. The molecule has 0 saturated heterocycles. The summed E-state index contributed by atoms with van der Waals surface area (Å²) < 4.78 is 5.06. The van der Waals surface area contributed by atoms with Crippen LogP contribution in [-0.2, 0) is 5.41 Å². The lowest BCUT2D eigenvalue weighted by Crippen LogP contribution is -2.09. The smallest absolute Gasteiger partial charge is 0.0954 e. The lowest BCUT2D eigenvalue weighted by molar-refractivity contribution is 0.562. The maximum Gasteiger partial charge on any atom is 0.0954 e. The zero-order valence-electron chi connectivity index (χ0n) is 9.86. The first-order valence-electron chi connectivity index (χ1n) is 5.36. The molecule has 2 heterocycles. The first kappa shape index (κ1) is 11.4. The van der Waals surface area contributed by atoms with Gasteiger partial charge in [-0.15, -0.1) is 11.3 Å². The molecule has 0 spiro atoms. The Hall–Kier alpha value is -1.06. The van der Waals surface area contributed by atoms with Gasteiger partial charge in [-0.1, -0.05) is 20.8 Å². The van der Waals surface area contributed by atoms with Gasteiger partial charge in [0.2, 0.25) is 0 Å². The van der Waals surface area contributed by atoms with E-state index in [4.69, 9.17) is 10.2 Å². The number of hydrogen-bond acceptors (Lipinski definition) is 3. The largest absolute Gasteiger partial charge is 0.472 e. The first-order valence-corrected chi connectivity index (χ1v) is 6.18. The average Bonchev–Trinajstić information content (AvgIpc) is 2.87. The molecule has 2 N–H and O–H groups in total. The molecule has 2 nitrogen and oxygen atoms in total. The van der Waals surface area contributed by atoms with Crippen molar-refractivity contribution in [2.75, 3.05) is 0 Å². The van der Waals surface area contributed by atoms with Crippen molar-refractivity contribution in [2.45, 2.75) is 32.2 Å². The third kappa shape index (κ3) is 2.20. The molecule has 2 rings (SSSR count). The van der Waals surface area contributed by atoms with Gasteiger partial charge in [0, 0.05) is 15.3 Å². The molecule has 0 fully saturated rings. The summed E-state index contributed by atoms with van der Waals surface area (Å²) in [7, 11) is 0. The van der Waals surface area contributed by atoms with Gasteiger partial charge in [-0.2, -0.15) is 0 Å². The van der Waals surface area contributed by atoms with Crippen LogP contribution in [0, 0.1) is 0 Å². The Morgan fingerprint density at radius 3 is 2.50 bits per heavy atom. The Balaban J connectivity index is 2.26. The highest BCUT2D eigenvalue weighted by Gasteiger charge is 2.19. The normalized spacial score (nSPS) is 14.0. The van der Waals surface area contributed by atoms with Gasteiger partial charge in [-0.3, -0.25) is 0 Å². The van der Waals surface area contributed by atoms with Gasteiger partial charge in [-0.25, -0.2) is 0 Å². The highest BCUT2D eigenvalue weighted by Crippen LogP contribution is 2.33. The minimum absolute atomic E-state index is 0.0696. The van der Waals surface area contributed by atoms with Gasteiger partial charge < -0.3 is 10.2 Å². The van der Waals surface area contributed by atoms with Crippen LogP contribution in [0.2, 0.25) is 0 Å². The third-order valence-electron chi connectivity index (χ3n) is 2.57. The fourth-order valence-electron chi connectivity index (χ4n) is 1.54. The molecule has 3 heteroatoms. The molecule has 0 aliphatic heterocycles. The van der Waals surface area contributed by atoms with Crippen molar-refractivity contribution in [3.8, 4) is 0 Å². The highest BCUT2D eigenvalue weighted by molar-refractivity contribution is 7.12. The number of nitrogens with two attached hydrogens (primary N) is 1. The minimum atomic E-state index is -0.0696. The zero-order valence-corrected chi connectivity index (χ0v) is 10.7. The van der Waals surface area contributed by atoms with E-state index in [0.29, 0.717) is 0 Å². The monoisotopic (exact) mass is 235 g/mol. The molecule has 0 saturated carbocycles. The van der Waals surface area contributed by atoms with Gasteiger partial charge in [0.05, 0.1) is 18.6 Å². The van der Waals surface area contributed by atoms with Crippen molar-refractivity contribution >= 4 is 11.3 Å². The molecular formula is C13H17NOS. The fourth-order valence-corrected chi connectivity index (χ4v) is 2.63. The standard InChI is InChI=1S/C13H17NOS/c1-13(2,3)11-5-4-10(16-11)12(14)9-6-7-15-8-9/h4-8,12H,14H2,1-3H3. The van der Waals surface area contributed by atoms with Crippen LogP contribution < -0.4 is 5.73 Å². The van der Waals surface area contributed by atoms with Crippen LogP contribution >= 0.6 is 11.3 Å². The summed E-state index contributed by atoms with van der Waals surface area (Å²) >= 11 is 1.78. The third-order valence-corrected chi connectivity index (χ3v) is 4.17. The topological polar surface area (TPSA) is 39.2 Å². The maximum absolute atomic E-state index is 6.17. The minimum Gasteiger partial charge on any atom is -0.472 e. The van der Waals surface area contributed by atoms with E-state index in [2.05, 4.69) is 32.9 Å². The molecule has 0 bridgehead atoms. The summed E-state index contributed by atoms with van der Waals surface area (Å²) in [6.07, 6.45) is 3.37. The molecule has 16 heavy (non-hydrogen) atoms. The molecular weight excluding hydrogens is 218 g/mol. The van der Waals surface area contributed by atoms with E-state index in [-0.39, 0.29) is 11.5 Å². The average molecular weight is 235 g/mol. The second-order valence-corrected chi connectivity index (χ2v) is 6.10. The van der Waals surface area contributed by atoms with Crippen LogP contribution in [0.4, 0.5) is 0 Å². The van der Waals surface area contributed by atoms with E-state index in [1.807, 2.05) is 6.07 Å². The molecule has 0 amide bonds. The molecule has 2 aromatic rings. The van der Waals surface area contributed by atoms with E-state index in [1.54, 1.807) is 23.9 Å². The van der Waals surface area contributed by atoms with Crippen molar-refractivity contribution in [3.63, 3.8) is 0 Å². The Bertz CT molecular complexity index is 450. The lowest BCUT2D eigenvalue weighted by Gasteiger charge is -2.15. The predicted molar refractivity (Wildman–Crippen MR) is 67.8 cm³/mol. The van der Waals surface area contributed by atoms with E-state index in [1.165, 1.54) is 9.75 Å². The molecule has 0 aromatic carbocycles. The van der Waals surface area contributed by atoms with E-state index in [9.17, 15) is 0 Å². The molecule has 2 aromatic heterocycles. The predicted octanol–water partition coefficient (Wildman–Crippen LogP) is 3.69. The first-order chi connectivity index (χ1) is 7.48. The van der Waals surface area contributed by atoms with E-state index in [0.717, 1.165) is 5.56 Å². The second kappa shape index (κ2) is 4.07. The molecule has 0 aliphatic carbocycles. The van der Waals surface area contributed by atoms with Gasteiger partial charge in [-0.05, 0) is 23.6 Å². The zero-order chi connectivity index (χ0) is 11.8. The number of rotatable bonds is 2. The van der Waals surface area contributed by atoms with Crippen LogP contribution in [-0.4, -0.2) is 0 Å². The summed E-state index contributed by atoms with van der Waals surface area (Å²) in [6, 6.07) is 6.13. The van der Waals surface area contributed by atoms with E-state index >= 15 is 0 Å². The Morgan fingerprint density at radius 2 is 2.00 bits per heavy atom. The molecule has 1 unspecified atom stereocenters. The number of hydrogen-bond donors (Lipinski definition) is 1. The molecule has 0 radical (unpaired) electrons. The summed E-state index contributed by atoms with van der Waals surface area (Å²) in [4.78, 5) is 2.55. The van der Waals surface area contributed by atoms with Gasteiger partial charge in [0.15, 0.2) is 0 Å². The quantitative estimate of drug-likeness (QED) is 0.862. The second-order valence-electron chi connectivity index (χ2n) is 4.99. The Labute approximate surface area is 100 Å². The van der Waals surface area contributed by atoms with Crippen LogP contribution in [0.1, 0.15) is 42.1 Å². The van der Waals surface area contributed by atoms with Crippen molar-refractivity contribution in [1.29, 1.82) is 0 Å². The van der Waals surface area contributed by atoms with Crippen molar-refractivity contribution < 1.29 is 4.42 Å². The van der Waals surface area contributed by atoms with Gasteiger partial charge in [0.25, 0.3) is 0 Å². The molecule has 1 atom stereocenters. The maximum atomic E-state index is 6.17. The Kier molecular flexibility index (Phi) is 2.91. The lowest BCUT2D eigenvalue weighted by atomic mass is 9.95. The van der Waals surface area contributed by atoms with Gasteiger partial charge >= 0.3 is 0 Å². The summed E-state index contributed by atoms with van der Waals surface area (Å²) in [6.45, 7) is 6.64. The fraction of sp³-hybridized carbons (Fsp3) is 0.385. The van der Waals surface area contributed by atoms with Crippen molar-refractivity contribution in [3.05, 3.63) is 46.0 Å². The van der Waals surface area contributed by atoms with Gasteiger partial charge in [0.1, 0.15) is 0 Å². The SMILES string of the molecule is CC(C)(C)c1ccc(C(N)c2ccoc2)s1. The summed E-state index contributed by atoms with van der Waals surface area (Å²) in [5.41, 5.74) is 7.39. The number of thiophene rings is 1. The van der Waals surface area contributed by atoms with Crippen LogP contribution in [0.5, 0.6) is 0 Å². The molecule has 86 valence electrons. The van der Waals surface area contributed by atoms with E-state index < -0.39 is 0 Å². The number of furan rings is 1. The molecule has 0 aliphatic rings. The van der Waals surface area contributed by atoms with Crippen LogP contribution in [0.3, 0.4) is 0 Å². The summed E-state index contributed by atoms with van der Waals surface area (Å²) in [5, 5.41) is 0. The Morgan fingerprint density at radius 1 is 1.25 bits per heavy atom. The van der Waals surface area contributed by atoms with Crippen molar-refractivity contribution in [2.24, 2.45) is 5.73 Å². The van der Waals surface area contributed by atoms with Crippen molar-refractivity contribution in [1.82, 2.24) is 0 Å².